The molecule has 60 heavy (non-hydrogen) atoms. The van der Waals surface area contributed by atoms with Crippen LogP contribution < -0.4 is 30.2 Å². The molecule has 2 saturated heterocycles. The average molecular weight is 856 g/mol. The highest BCUT2D eigenvalue weighted by atomic mass is 32.2. The fraction of sp³-hybridized carbons (Fsp3) is 0.591. The summed E-state index contributed by atoms with van der Waals surface area (Å²) < 4.78 is 34.0. The Hall–Kier alpha value is -4.99. The number of carbonyl (C=O) groups excluding carboxylic acids is 6. The van der Waals surface area contributed by atoms with Crippen LogP contribution in [0.2, 0.25) is 0 Å². The van der Waals surface area contributed by atoms with Gasteiger partial charge in [-0.2, -0.15) is 11.8 Å². The zero-order valence-corrected chi connectivity index (χ0v) is 37.1. The van der Waals surface area contributed by atoms with Crippen molar-refractivity contribution in [3.63, 3.8) is 0 Å². The maximum absolute atomic E-state index is 13.4. The molecule has 3 N–H and O–H groups in total. The second kappa shape index (κ2) is 21.0. The maximum Gasteiger partial charge on any atom is 0.344 e. The van der Waals surface area contributed by atoms with Crippen LogP contribution in [-0.4, -0.2) is 102 Å². The highest BCUT2D eigenvalue weighted by Gasteiger charge is 2.42. The number of hydrogen-bond acceptors (Lipinski definition) is 13. The molecule has 15 nitrogen and oxygen atoms in total. The van der Waals surface area contributed by atoms with Crippen molar-refractivity contribution in [2.45, 2.75) is 135 Å². The van der Waals surface area contributed by atoms with E-state index in [2.05, 4.69) is 16.0 Å². The Morgan fingerprint density at radius 3 is 1.83 bits per heavy atom. The molecular formula is C44H61N3O12S. The lowest BCUT2D eigenvalue weighted by Crippen LogP contribution is -2.36. The molecule has 0 saturated carbocycles. The molecule has 2 heterocycles. The summed E-state index contributed by atoms with van der Waals surface area (Å²) in [5.41, 5.74) is -0.869. The number of ketones is 1. The van der Waals surface area contributed by atoms with Gasteiger partial charge in [0.05, 0.1) is 12.1 Å². The van der Waals surface area contributed by atoms with E-state index >= 15 is 0 Å². The molecule has 2 aromatic carbocycles. The van der Waals surface area contributed by atoms with Gasteiger partial charge in [0.15, 0.2) is 37.1 Å². The van der Waals surface area contributed by atoms with E-state index in [-0.39, 0.29) is 53.5 Å². The first-order chi connectivity index (χ1) is 28.0. The number of benzene rings is 2. The Kier molecular flexibility index (Phi) is 16.7. The highest BCUT2D eigenvalue weighted by Crippen LogP contribution is 2.42. The number of amides is 3. The predicted octanol–water partition coefficient (Wildman–Crippen LogP) is 6.32. The van der Waals surface area contributed by atoms with E-state index in [0.717, 1.165) is 25.0 Å². The van der Waals surface area contributed by atoms with Crippen LogP contribution in [0.4, 0.5) is 4.79 Å². The molecule has 2 aliphatic heterocycles. The zero-order valence-electron chi connectivity index (χ0n) is 36.3. The van der Waals surface area contributed by atoms with Crippen molar-refractivity contribution in [3.05, 3.63) is 42.0 Å². The summed E-state index contributed by atoms with van der Waals surface area (Å²) in [5, 5.41) is 9.20. The van der Waals surface area contributed by atoms with Crippen LogP contribution in [0.3, 0.4) is 0 Å². The molecule has 2 aliphatic rings. The van der Waals surface area contributed by atoms with Crippen LogP contribution in [0.1, 0.15) is 111 Å². The van der Waals surface area contributed by atoms with Crippen molar-refractivity contribution in [2.75, 3.05) is 32.1 Å². The number of fused-ring (bicyclic) bond motifs is 1. The minimum Gasteiger partial charge on any atom is -0.478 e. The summed E-state index contributed by atoms with van der Waals surface area (Å²) in [6, 6.07) is 10.3. The molecule has 0 aliphatic carbocycles. The van der Waals surface area contributed by atoms with Crippen LogP contribution in [-0.2, 0) is 33.4 Å². The van der Waals surface area contributed by atoms with Crippen molar-refractivity contribution in [3.8, 4) is 28.4 Å². The van der Waals surface area contributed by atoms with Crippen LogP contribution in [0.25, 0.3) is 11.1 Å². The summed E-state index contributed by atoms with van der Waals surface area (Å²) in [6.45, 7) is 14.2. The smallest absolute Gasteiger partial charge is 0.344 e. The number of rotatable bonds is 20. The molecule has 0 spiro atoms. The van der Waals surface area contributed by atoms with E-state index in [1.54, 1.807) is 98.7 Å². The van der Waals surface area contributed by atoms with Crippen LogP contribution >= 0.6 is 11.8 Å². The molecule has 3 atom stereocenters. The zero-order chi connectivity index (χ0) is 44.3. The molecular weight excluding hydrogens is 795 g/mol. The lowest BCUT2D eigenvalue weighted by molar-refractivity contribution is -0.159. The Balaban J connectivity index is 1.44. The van der Waals surface area contributed by atoms with Gasteiger partial charge in [-0.05, 0) is 111 Å². The summed E-state index contributed by atoms with van der Waals surface area (Å²) >= 11 is 1.86. The topological polar surface area (TPSA) is 194 Å². The highest BCUT2D eigenvalue weighted by molar-refractivity contribution is 8.00. The van der Waals surface area contributed by atoms with Crippen molar-refractivity contribution in [1.29, 1.82) is 0 Å². The summed E-state index contributed by atoms with van der Waals surface area (Å²) in [6.07, 6.45) is 3.59. The van der Waals surface area contributed by atoms with E-state index in [0.29, 0.717) is 41.3 Å². The van der Waals surface area contributed by atoms with E-state index in [1.807, 2.05) is 11.8 Å². The van der Waals surface area contributed by atoms with Crippen molar-refractivity contribution in [2.24, 2.45) is 0 Å². The number of urea groups is 1. The van der Waals surface area contributed by atoms with E-state index in [1.165, 1.54) is 0 Å². The Morgan fingerprint density at radius 1 is 0.700 bits per heavy atom. The van der Waals surface area contributed by atoms with E-state index in [4.69, 9.17) is 28.4 Å². The fourth-order valence-electron chi connectivity index (χ4n) is 6.47. The number of ether oxygens (including phenoxy) is 6. The number of esters is 3. The maximum atomic E-state index is 13.4. The summed E-state index contributed by atoms with van der Waals surface area (Å²) in [7, 11) is 0. The molecule has 2 aromatic rings. The first-order valence-corrected chi connectivity index (χ1v) is 21.4. The second-order valence-electron chi connectivity index (χ2n) is 17.8. The number of Topliss-reactive ketones (excluding diaryl/α,β-unsaturated/α-hetero) is 1. The number of carbonyl (C=O) groups is 6. The van der Waals surface area contributed by atoms with Gasteiger partial charge in [-0.15, -0.1) is 0 Å². The van der Waals surface area contributed by atoms with E-state index < -0.39 is 54.5 Å². The average Bonchev–Trinajstić information content (AvgIpc) is 3.69. The Morgan fingerprint density at radius 2 is 1.27 bits per heavy atom. The third-order valence-corrected chi connectivity index (χ3v) is 10.3. The van der Waals surface area contributed by atoms with Crippen LogP contribution in [0.15, 0.2) is 36.4 Å². The minimum atomic E-state index is -0.790. The van der Waals surface area contributed by atoms with E-state index in [9.17, 15) is 28.8 Å². The lowest BCUT2D eigenvalue weighted by Gasteiger charge is -2.23. The van der Waals surface area contributed by atoms with Gasteiger partial charge < -0.3 is 44.4 Å². The molecule has 0 radical (unpaired) electrons. The van der Waals surface area contributed by atoms with Crippen molar-refractivity contribution < 1.29 is 57.2 Å². The van der Waals surface area contributed by atoms with Gasteiger partial charge in [-0.25, -0.2) is 19.2 Å². The number of nitrogens with one attached hydrogen (secondary N) is 3. The van der Waals surface area contributed by atoms with Crippen molar-refractivity contribution in [1.82, 2.24) is 16.0 Å². The number of thioether (sulfide) groups is 1. The van der Waals surface area contributed by atoms with Gasteiger partial charge in [-0.3, -0.25) is 9.59 Å². The minimum absolute atomic E-state index is 0.000692. The van der Waals surface area contributed by atoms with Gasteiger partial charge in [0.25, 0.3) is 0 Å². The van der Waals surface area contributed by atoms with Crippen LogP contribution in [0.5, 0.6) is 17.2 Å². The van der Waals surface area contributed by atoms with Gasteiger partial charge in [0.1, 0.15) is 16.8 Å². The van der Waals surface area contributed by atoms with Gasteiger partial charge in [0, 0.05) is 36.0 Å². The SMILES string of the molecule is CC(C)(C)OC(=O)COc1cc(-c2cccc(C(=O)CCCNC(=O)CCCC[C@@H]3SC[C@@H]4NC(=O)N[C@@H]43)c2)cc(OCC(=O)OC(C)(C)C)c1OCC(=O)OC(C)(C)C. The molecule has 2 fully saturated rings. The molecule has 16 heteroatoms. The second-order valence-corrected chi connectivity index (χ2v) is 19.0. The number of hydrogen-bond donors (Lipinski definition) is 3. The largest absolute Gasteiger partial charge is 0.478 e. The third-order valence-electron chi connectivity index (χ3n) is 8.81. The van der Waals surface area contributed by atoms with Crippen LogP contribution in [0, 0.1) is 0 Å². The molecule has 3 amide bonds. The molecule has 0 aromatic heterocycles. The lowest BCUT2D eigenvalue weighted by atomic mass is 9.99. The first-order valence-electron chi connectivity index (χ1n) is 20.4. The quantitative estimate of drug-likeness (QED) is 0.0441. The Bertz CT molecular complexity index is 1810. The molecule has 0 bridgehead atoms. The summed E-state index contributed by atoms with van der Waals surface area (Å²) in [4.78, 5) is 75.7. The molecule has 4 rings (SSSR count). The number of unbranched alkanes of at least 4 members (excludes halogenated alkanes) is 1. The third kappa shape index (κ3) is 16.2. The monoisotopic (exact) mass is 855 g/mol. The van der Waals surface area contributed by atoms with Gasteiger partial charge in [-0.1, -0.05) is 24.6 Å². The van der Waals surface area contributed by atoms with Crippen molar-refractivity contribution >= 4 is 47.4 Å². The molecule has 0 unspecified atom stereocenters. The van der Waals surface area contributed by atoms with Gasteiger partial charge >= 0.3 is 23.9 Å². The Labute approximate surface area is 357 Å². The molecule has 330 valence electrons. The standard InChI is InChI=1S/C44H61N3O12S/c1-42(2,3)57-36(50)23-54-32-21-29(22-33(55-24-37(51)58-43(4,5)6)40(32)56-25-38(52)59-44(7,8)9)27-14-12-15-28(20-27)31(48)16-13-19-45-35(49)18-11-10-17-34-39-30(26-60-34)46-41(53)47-39/h12,14-15,20-22,30,34,39H,10-11,13,16-19,23-26H2,1-9H3,(H,45,49)(H2,46,47,53)/t30-,34-,39-/m0/s1. The first kappa shape index (κ1) is 47.7. The van der Waals surface area contributed by atoms with Gasteiger partial charge in [0.2, 0.25) is 11.7 Å². The normalized spacial score (nSPS) is 17.4. The predicted molar refractivity (Wildman–Crippen MR) is 226 cm³/mol. The fourth-order valence-corrected chi connectivity index (χ4v) is 8.02. The summed E-state index contributed by atoms with van der Waals surface area (Å²) in [5.74, 6) is -1.38.